The van der Waals surface area contributed by atoms with Crippen LogP contribution in [-0.2, 0) is 0 Å². The van der Waals surface area contributed by atoms with Gasteiger partial charge >= 0.3 is 0 Å². The first kappa shape index (κ1) is 13.2. The summed E-state index contributed by atoms with van der Waals surface area (Å²) < 4.78 is 0. The summed E-state index contributed by atoms with van der Waals surface area (Å²) in [6, 6.07) is 5.88. The molecule has 0 spiro atoms. The maximum Gasteiger partial charge on any atom is 0.251 e. The Bertz CT molecular complexity index is 374. The fourth-order valence-corrected chi connectivity index (χ4v) is 1.78. The third-order valence-electron chi connectivity index (χ3n) is 2.45. The Morgan fingerprint density at radius 3 is 2.69 bits per heavy atom. The monoisotopic (exact) mass is 283 g/mol. The number of nitrogens with one attached hydrogen (secondary N) is 1. The predicted molar refractivity (Wildman–Crippen MR) is 71.3 cm³/mol. The Labute approximate surface area is 106 Å². The van der Waals surface area contributed by atoms with E-state index in [0.717, 1.165) is 17.5 Å². The van der Waals surface area contributed by atoms with Crippen LogP contribution in [-0.4, -0.2) is 17.3 Å². The van der Waals surface area contributed by atoms with Crippen LogP contribution in [0, 0.1) is 13.8 Å². The number of hydrogen-bond acceptors (Lipinski definition) is 1. The molecule has 2 nitrogen and oxygen atoms in total. The van der Waals surface area contributed by atoms with Crippen molar-refractivity contribution in [3.05, 3.63) is 34.9 Å². The molecule has 1 atom stereocenters. The van der Waals surface area contributed by atoms with Crippen LogP contribution < -0.4 is 5.32 Å². The van der Waals surface area contributed by atoms with Crippen molar-refractivity contribution in [2.45, 2.75) is 32.0 Å². The maximum atomic E-state index is 11.8. The van der Waals surface area contributed by atoms with Crippen molar-refractivity contribution in [1.29, 1.82) is 0 Å². The van der Waals surface area contributed by atoms with Gasteiger partial charge in [0.1, 0.15) is 0 Å². The Balaban J connectivity index is 2.59. The molecule has 0 aliphatic heterocycles. The number of amides is 1. The van der Waals surface area contributed by atoms with Gasteiger partial charge in [0.15, 0.2) is 0 Å². The van der Waals surface area contributed by atoms with Gasteiger partial charge in [-0.1, -0.05) is 40.5 Å². The van der Waals surface area contributed by atoms with Gasteiger partial charge in [-0.15, -0.1) is 0 Å². The number of hydrogen-bond donors (Lipinski definition) is 1. The van der Waals surface area contributed by atoms with Gasteiger partial charge in [0, 0.05) is 16.9 Å². The molecule has 0 aromatic heterocycles. The highest BCUT2D eigenvalue weighted by molar-refractivity contribution is 9.09. The number of aryl methyl sites for hydroxylation is 2. The lowest BCUT2D eigenvalue weighted by molar-refractivity contribution is 0.0953. The van der Waals surface area contributed by atoms with E-state index >= 15 is 0 Å². The molecule has 1 aromatic carbocycles. The second-order valence-electron chi connectivity index (χ2n) is 4.14. The number of carbonyl (C=O) groups excluding carboxylic acids is 1. The van der Waals surface area contributed by atoms with Crippen molar-refractivity contribution in [2.75, 3.05) is 6.54 Å². The van der Waals surface area contributed by atoms with Gasteiger partial charge in [0.25, 0.3) is 5.91 Å². The number of carbonyl (C=O) groups is 1. The van der Waals surface area contributed by atoms with Crippen LogP contribution >= 0.6 is 15.9 Å². The summed E-state index contributed by atoms with van der Waals surface area (Å²) >= 11 is 3.45. The molecule has 0 bridgehead atoms. The van der Waals surface area contributed by atoms with Crippen LogP contribution in [0.15, 0.2) is 18.2 Å². The van der Waals surface area contributed by atoms with Gasteiger partial charge in [-0.3, -0.25) is 4.79 Å². The second-order valence-corrected chi connectivity index (χ2v) is 5.71. The normalized spacial score (nSPS) is 12.2. The van der Waals surface area contributed by atoms with Gasteiger partial charge in [-0.2, -0.15) is 0 Å². The molecule has 0 saturated carbocycles. The van der Waals surface area contributed by atoms with E-state index in [1.807, 2.05) is 32.0 Å². The molecule has 0 aliphatic carbocycles. The lowest BCUT2D eigenvalue weighted by atomic mass is 10.1. The Kier molecular flexibility index (Phi) is 5.00. The highest BCUT2D eigenvalue weighted by atomic mass is 79.9. The molecule has 0 saturated heterocycles. The molecule has 1 rings (SSSR count). The van der Waals surface area contributed by atoms with Crippen LogP contribution in [0.2, 0.25) is 0 Å². The van der Waals surface area contributed by atoms with E-state index in [4.69, 9.17) is 0 Å². The molecule has 88 valence electrons. The van der Waals surface area contributed by atoms with E-state index in [1.165, 1.54) is 5.56 Å². The number of alkyl halides is 1. The Morgan fingerprint density at radius 1 is 1.44 bits per heavy atom. The maximum absolute atomic E-state index is 11.8. The molecular weight excluding hydrogens is 266 g/mol. The van der Waals surface area contributed by atoms with Crippen molar-refractivity contribution in [3.63, 3.8) is 0 Å². The van der Waals surface area contributed by atoms with Crippen molar-refractivity contribution < 1.29 is 4.79 Å². The Morgan fingerprint density at radius 2 is 2.12 bits per heavy atom. The minimum atomic E-state index is 0.0191. The minimum Gasteiger partial charge on any atom is -0.352 e. The predicted octanol–water partition coefficient (Wildman–Crippen LogP) is 3.21. The van der Waals surface area contributed by atoms with Gasteiger partial charge in [-0.05, 0) is 31.9 Å². The van der Waals surface area contributed by atoms with E-state index < -0.39 is 0 Å². The first-order valence-electron chi connectivity index (χ1n) is 5.50. The third kappa shape index (κ3) is 3.97. The van der Waals surface area contributed by atoms with Gasteiger partial charge in [-0.25, -0.2) is 0 Å². The van der Waals surface area contributed by atoms with E-state index in [2.05, 4.69) is 28.2 Å². The number of halogens is 1. The zero-order valence-electron chi connectivity index (χ0n) is 10.0. The molecular formula is C13H18BrNO. The fourth-order valence-electron chi connectivity index (χ4n) is 1.55. The lowest BCUT2D eigenvalue weighted by Crippen LogP contribution is -2.26. The summed E-state index contributed by atoms with van der Waals surface area (Å²) in [5.74, 6) is 0.0191. The molecule has 1 N–H and O–H groups in total. The van der Waals surface area contributed by atoms with Gasteiger partial charge in [0.2, 0.25) is 0 Å². The SMILES string of the molecule is Cc1ccc(C(=O)NCCC(C)Br)c(C)c1. The van der Waals surface area contributed by atoms with Crippen molar-refractivity contribution in [3.8, 4) is 0 Å². The van der Waals surface area contributed by atoms with E-state index in [9.17, 15) is 4.79 Å². The molecule has 0 radical (unpaired) electrons. The standard InChI is InChI=1S/C13H18BrNO/c1-9-4-5-12(10(2)8-9)13(16)15-7-6-11(3)14/h4-5,8,11H,6-7H2,1-3H3,(H,15,16). The summed E-state index contributed by atoms with van der Waals surface area (Å²) in [4.78, 5) is 12.3. The largest absolute Gasteiger partial charge is 0.352 e. The lowest BCUT2D eigenvalue weighted by Gasteiger charge is -2.09. The van der Waals surface area contributed by atoms with Crippen LogP contribution in [0.1, 0.15) is 34.8 Å². The molecule has 0 aliphatic rings. The molecule has 0 heterocycles. The van der Waals surface area contributed by atoms with E-state index in [-0.39, 0.29) is 5.91 Å². The average molecular weight is 284 g/mol. The van der Waals surface area contributed by atoms with E-state index in [1.54, 1.807) is 0 Å². The van der Waals surface area contributed by atoms with Crippen LogP contribution in [0.3, 0.4) is 0 Å². The molecule has 1 unspecified atom stereocenters. The zero-order chi connectivity index (χ0) is 12.1. The highest BCUT2D eigenvalue weighted by Gasteiger charge is 2.08. The summed E-state index contributed by atoms with van der Waals surface area (Å²) in [7, 11) is 0. The van der Waals surface area contributed by atoms with Crippen LogP contribution in [0.25, 0.3) is 0 Å². The number of benzene rings is 1. The Hall–Kier alpha value is -0.830. The summed E-state index contributed by atoms with van der Waals surface area (Å²) in [5, 5.41) is 2.92. The summed E-state index contributed by atoms with van der Waals surface area (Å²) in [5.41, 5.74) is 2.99. The zero-order valence-corrected chi connectivity index (χ0v) is 11.6. The highest BCUT2D eigenvalue weighted by Crippen LogP contribution is 2.10. The quantitative estimate of drug-likeness (QED) is 0.845. The molecule has 1 amide bonds. The molecule has 0 fully saturated rings. The molecule has 1 aromatic rings. The smallest absolute Gasteiger partial charge is 0.251 e. The van der Waals surface area contributed by atoms with Crippen molar-refractivity contribution >= 4 is 21.8 Å². The van der Waals surface area contributed by atoms with Crippen LogP contribution in [0.4, 0.5) is 0 Å². The molecule has 3 heteroatoms. The van der Waals surface area contributed by atoms with E-state index in [0.29, 0.717) is 11.4 Å². The van der Waals surface area contributed by atoms with Crippen molar-refractivity contribution in [1.82, 2.24) is 5.32 Å². The first-order valence-corrected chi connectivity index (χ1v) is 6.42. The fraction of sp³-hybridized carbons (Fsp3) is 0.462. The van der Waals surface area contributed by atoms with Gasteiger partial charge < -0.3 is 5.32 Å². The van der Waals surface area contributed by atoms with Crippen molar-refractivity contribution in [2.24, 2.45) is 0 Å². The topological polar surface area (TPSA) is 29.1 Å². The average Bonchev–Trinajstić information content (AvgIpc) is 2.16. The van der Waals surface area contributed by atoms with Gasteiger partial charge in [0.05, 0.1) is 0 Å². The minimum absolute atomic E-state index is 0.0191. The van der Waals surface area contributed by atoms with Crippen LogP contribution in [0.5, 0.6) is 0 Å². The third-order valence-corrected chi connectivity index (χ3v) is 2.91. The summed E-state index contributed by atoms with van der Waals surface area (Å²) in [6.45, 7) is 6.78. The summed E-state index contributed by atoms with van der Waals surface area (Å²) in [6.07, 6.45) is 0.941. The molecule has 16 heavy (non-hydrogen) atoms. The first-order chi connectivity index (χ1) is 7.50. The number of rotatable bonds is 4. The second kappa shape index (κ2) is 6.04.